The highest BCUT2D eigenvalue weighted by Gasteiger charge is 2.02. The number of nitrogens with one attached hydrogen (secondary N) is 2. The van der Waals surface area contributed by atoms with Crippen molar-refractivity contribution in [1.82, 2.24) is 10.3 Å². The summed E-state index contributed by atoms with van der Waals surface area (Å²) in [6, 6.07) is 5.86. The summed E-state index contributed by atoms with van der Waals surface area (Å²) < 4.78 is 5.96. The van der Waals surface area contributed by atoms with E-state index in [-0.39, 0.29) is 12.5 Å². The highest BCUT2D eigenvalue weighted by molar-refractivity contribution is 7.16. The molecule has 0 saturated carbocycles. The van der Waals surface area contributed by atoms with E-state index < -0.39 is 0 Å². The fourth-order valence-corrected chi connectivity index (χ4v) is 2.22. The van der Waals surface area contributed by atoms with Gasteiger partial charge in [0.05, 0.1) is 28.9 Å². The third kappa shape index (κ3) is 3.41. The second kappa shape index (κ2) is 6.32. The van der Waals surface area contributed by atoms with Crippen molar-refractivity contribution in [2.45, 2.75) is 0 Å². The molecule has 0 saturated heterocycles. The molecule has 0 aliphatic heterocycles. The Morgan fingerprint density at radius 2 is 2.39 bits per heavy atom. The predicted molar refractivity (Wildman–Crippen MR) is 73.0 cm³/mol. The van der Waals surface area contributed by atoms with Gasteiger partial charge in [0, 0.05) is 19.3 Å². The summed E-state index contributed by atoms with van der Waals surface area (Å²) in [5.41, 5.74) is 3.72. The lowest BCUT2D eigenvalue weighted by Gasteiger charge is -2.07. The molecule has 6 heteroatoms. The van der Waals surface area contributed by atoms with Crippen LogP contribution in [0.1, 0.15) is 0 Å². The first-order chi connectivity index (χ1) is 8.79. The summed E-state index contributed by atoms with van der Waals surface area (Å²) in [5.74, 6) is -0.0450. The molecule has 96 valence electrons. The number of fused-ring (bicyclic) bond motifs is 1. The molecule has 0 atom stereocenters. The number of benzene rings is 1. The van der Waals surface area contributed by atoms with Crippen LogP contribution in [0.25, 0.3) is 10.2 Å². The minimum absolute atomic E-state index is 0.0450. The standard InChI is InChI=1S/C12H15N3O2S/c1-17-5-4-13-12(16)7-14-9-2-3-10-11(6-9)18-8-15-10/h2-3,6,8,14H,4-5,7H2,1H3,(H,13,16). The second-order valence-electron chi connectivity index (χ2n) is 3.73. The van der Waals surface area contributed by atoms with Crippen LogP contribution in [0.3, 0.4) is 0 Å². The van der Waals surface area contributed by atoms with Gasteiger partial charge < -0.3 is 15.4 Å². The van der Waals surface area contributed by atoms with Crippen molar-refractivity contribution in [1.29, 1.82) is 0 Å². The van der Waals surface area contributed by atoms with E-state index in [1.165, 1.54) is 0 Å². The number of anilines is 1. The van der Waals surface area contributed by atoms with Gasteiger partial charge in [0.15, 0.2) is 0 Å². The zero-order chi connectivity index (χ0) is 12.8. The van der Waals surface area contributed by atoms with E-state index in [1.807, 2.05) is 23.7 Å². The maximum Gasteiger partial charge on any atom is 0.239 e. The molecule has 18 heavy (non-hydrogen) atoms. The van der Waals surface area contributed by atoms with E-state index in [0.717, 1.165) is 15.9 Å². The largest absolute Gasteiger partial charge is 0.383 e. The van der Waals surface area contributed by atoms with Crippen LogP contribution in [0.4, 0.5) is 5.69 Å². The zero-order valence-corrected chi connectivity index (χ0v) is 10.9. The van der Waals surface area contributed by atoms with Crippen LogP contribution in [0.2, 0.25) is 0 Å². The summed E-state index contributed by atoms with van der Waals surface area (Å²) in [6.45, 7) is 1.32. The average molecular weight is 265 g/mol. The number of hydrogen-bond donors (Lipinski definition) is 2. The first-order valence-corrected chi connectivity index (χ1v) is 6.50. The quantitative estimate of drug-likeness (QED) is 0.776. The van der Waals surface area contributed by atoms with Gasteiger partial charge in [0.2, 0.25) is 5.91 Å². The molecule has 1 aromatic carbocycles. The lowest BCUT2D eigenvalue weighted by Crippen LogP contribution is -2.32. The van der Waals surface area contributed by atoms with Crippen LogP contribution in [0.5, 0.6) is 0 Å². The molecule has 2 rings (SSSR count). The van der Waals surface area contributed by atoms with Crippen LogP contribution >= 0.6 is 11.3 Å². The minimum Gasteiger partial charge on any atom is -0.383 e. The molecular formula is C12H15N3O2S. The first-order valence-electron chi connectivity index (χ1n) is 5.62. The van der Waals surface area contributed by atoms with Crippen molar-refractivity contribution >= 4 is 33.1 Å². The number of thiazole rings is 1. The van der Waals surface area contributed by atoms with E-state index in [4.69, 9.17) is 4.74 Å². The third-order valence-corrected chi connectivity index (χ3v) is 3.20. The van der Waals surface area contributed by atoms with Crippen LogP contribution in [0, 0.1) is 0 Å². The number of carbonyl (C=O) groups excluding carboxylic acids is 1. The molecular weight excluding hydrogens is 250 g/mol. The number of rotatable bonds is 6. The van der Waals surface area contributed by atoms with Gasteiger partial charge in [-0.25, -0.2) is 4.98 Å². The van der Waals surface area contributed by atoms with Gasteiger partial charge in [-0.15, -0.1) is 11.3 Å². The monoisotopic (exact) mass is 265 g/mol. The Kier molecular flexibility index (Phi) is 4.49. The number of methoxy groups -OCH3 is 1. The highest BCUT2D eigenvalue weighted by Crippen LogP contribution is 2.21. The van der Waals surface area contributed by atoms with Crippen LogP contribution in [-0.4, -0.2) is 37.7 Å². The molecule has 1 heterocycles. The molecule has 0 radical (unpaired) electrons. The van der Waals surface area contributed by atoms with Gasteiger partial charge in [-0.2, -0.15) is 0 Å². The zero-order valence-electron chi connectivity index (χ0n) is 10.1. The summed E-state index contributed by atoms with van der Waals surface area (Å²) in [7, 11) is 1.61. The maximum absolute atomic E-state index is 11.5. The lowest BCUT2D eigenvalue weighted by molar-refractivity contribution is -0.119. The fourth-order valence-electron chi connectivity index (χ4n) is 1.50. The fraction of sp³-hybridized carbons (Fsp3) is 0.333. The van der Waals surface area contributed by atoms with Crippen LogP contribution in [0.15, 0.2) is 23.7 Å². The predicted octanol–water partition coefficient (Wildman–Crippen LogP) is 1.47. The minimum atomic E-state index is -0.0450. The van der Waals surface area contributed by atoms with E-state index in [9.17, 15) is 4.79 Å². The Balaban J connectivity index is 1.83. The van der Waals surface area contributed by atoms with Crippen LogP contribution in [-0.2, 0) is 9.53 Å². The van der Waals surface area contributed by atoms with Crippen molar-refractivity contribution in [3.8, 4) is 0 Å². The van der Waals surface area contributed by atoms with Gasteiger partial charge in [-0.3, -0.25) is 4.79 Å². The summed E-state index contributed by atoms with van der Waals surface area (Å²) in [4.78, 5) is 15.7. The van der Waals surface area contributed by atoms with Crippen LogP contribution < -0.4 is 10.6 Å². The maximum atomic E-state index is 11.5. The molecule has 2 aromatic rings. The van der Waals surface area contributed by atoms with Crippen molar-refractivity contribution in [3.05, 3.63) is 23.7 Å². The molecule has 0 aliphatic carbocycles. The molecule has 1 aromatic heterocycles. The molecule has 2 N–H and O–H groups in total. The Morgan fingerprint density at radius 3 is 3.22 bits per heavy atom. The SMILES string of the molecule is COCCNC(=O)CNc1ccc2ncsc2c1. The summed E-state index contributed by atoms with van der Waals surface area (Å²) >= 11 is 1.58. The number of ether oxygens (including phenoxy) is 1. The van der Waals surface area contributed by atoms with Gasteiger partial charge in [0.25, 0.3) is 0 Å². The smallest absolute Gasteiger partial charge is 0.239 e. The Hall–Kier alpha value is -1.66. The number of nitrogens with zero attached hydrogens (tertiary/aromatic N) is 1. The molecule has 0 spiro atoms. The van der Waals surface area contributed by atoms with E-state index in [2.05, 4.69) is 15.6 Å². The molecule has 0 aliphatic rings. The number of hydrogen-bond acceptors (Lipinski definition) is 5. The van der Waals surface area contributed by atoms with Gasteiger partial charge in [0.1, 0.15) is 0 Å². The lowest BCUT2D eigenvalue weighted by atomic mass is 10.3. The molecule has 5 nitrogen and oxygen atoms in total. The third-order valence-electron chi connectivity index (χ3n) is 2.41. The summed E-state index contributed by atoms with van der Waals surface area (Å²) in [5, 5.41) is 5.83. The molecule has 1 amide bonds. The first kappa shape index (κ1) is 12.8. The molecule has 0 unspecified atom stereocenters. The Morgan fingerprint density at radius 1 is 1.50 bits per heavy atom. The number of carbonyl (C=O) groups is 1. The van der Waals surface area contributed by atoms with Gasteiger partial charge in [-0.05, 0) is 18.2 Å². The highest BCUT2D eigenvalue weighted by atomic mass is 32.1. The van der Waals surface area contributed by atoms with E-state index in [1.54, 1.807) is 18.4 Å². The Bertz CT molecular complexity index is 527. The van der Waals surface area contributed by atoms with E-state index >= 15 is 0 Å². The molecule has 0 bridgehead atoms. The Labute approximate surface area is 109 Å². The van der Waals surface area contributed by atoms with Crippen molar-refractivity contribution in [2.24, 2.45) is 0 Å². The van der Waals surface area contributed by atoms with E-state index in [0.29, 0.717) is 13.2 Å². The van der Waals surface area contributed by atoms with Gasteiger partial charge in [-0.1, -0.05) is 0 Å². The normalized spacial score (nSPS) is 10.5. The number of aromatic nitrogens is 1. The number of amides is 1. The topological polar surface area (TPSA) is 63.2 Å². The van der Waals surface area contributed by atoms with Crippen molar-refractivity contribution in [3.63, 3.8) is 0 Å². The van der Waals surface area contributed by atoms with Crippen molar-refractivity contribution in [2.75, 3.05) is 32.1 Å². The average Bonchev–Trinajstić information content (AvgIpc) is 2.84. The molecule has 0 fully saturated rings. The second-order valence-corrected chi connectivity index (χ2v) is 4.62. The van der Waals surface area contributed by atoms with Crippen molar-refractivity contribution < 1.29 is 9.53 Å². The summed E-state index contributed by atoms with van der Waals surface area (Å²) in [6.07, 6.45) is 0. The van der Waals surface area contributed by atoms with Gasteiger partial charge >= 0.3 is 0 Å².